The van der Waals surface area contributed by atoms with E-state index in [1.54, 1.807) is 19.5 Å². The van der Waals surface area contributed by atoms with Crippen molar-refractivity contribution in [3.05, 3.63) is 30.4 Å². The molecule has 0 aromatic carbocycles. The Labute approximate surface area is 199 Å². The van der Waals surface area contributed by atoms with Crippen LogP contribution in [-0.2, 0) is 9.53 Å². The highest BCUT2D eigenvalue weighted by molar-refractivity contribution is 5.82. The SMILES string of the molecule is COCCCNC(=O)N1CCCCCCNC(=O)[C@@H]2C[C@@H](c3nc(-c4cccnc4)no3)C[C@@H]21. The third-order valence-electron chi connectivity index (χ3n) is 6.66. The highest BCUT2D eigenvalue weighted by Crippen LogP contribution is 2.41. The normalized spacial score (nSPS) is 23.6. The molecule has 3 heterocycles. The van der Waals surface area contributed by atoms with Crippen LogP contribution in [0.15, 0.2) is 29.0 Å². The van der Waals surface area contributed by atoms with Crippen molar-refractivity contribution in [1.82, 2.24) is 30.7 Å². The lowest BCUT2D eigenvalue weighted by Gasteiger charge is -2.32. The molecule has 0 radical (unpaired) electrons. The number of carbonyl (C=O) groups excluding carboxylic acids is 2. The number of hydrogen-bond donors (Lipinski definition) is 2. The van der Waals surface area contributed by atoms with E-state index < -0.39 is 0 Å². The molecule has 0 bridgehead atoms. The first kappa shape index (κ1) is 24.1. The van der Waals surface area contributed by atoms with Gasteiger partial charge in [-0.05, 0) is 44.2 Å². The number of hydrogen-bond acceptors (Lipinski definition) is 7. The molecule has 2 aromatic rings. The van der Waals surface area contributed by atoms with Gasteiger partial charge in [0.1, 0.15) is 0 Å². The topological polar surface area (TPSA) is 122 Å². The summed E-state index contributed by atoms with van der Waals surface area (Å²) in [5.74, 6) is 0.576. The van der Waals surface area contributed by atoms with Crippen LogP contribution in [0.4, 0.5) is 4.79 Å². The molecule has 10 nitrogen and oxygen atoms in total. The molecule has 1 saturated carbocycles. The van der Waals surface area contributed by atoms with Crippen LogP contribution in [0.5, 0.6) is 0 Å². The molecule has 10 heteroatoms. The molecule has 0 spiro atoms. The van der Waals surface area contributed by atoms with Gasteiger partial charge in [-0.15, -0.1) is 0 Å². The lowest BCUT2D eigenvalue weighted by Crippen LogP contribution is -2.51. The van der Waals surface area contributed by atoms with Crippen molar-refractivity contribution in [2.45, 2.75) is 56.9 Å². The van der Waals surface area contributed by atoms with Gasteiger partial charge in [0, 0.05) is 63.3 Å². The number of fused-ring (bicyclic) bond motifs is 1. The average molecular weight is 471 g/mol. The molecule has 2 N–H and O–H groups in total. The first-order valence-corrected chi connectivity index (χ1v) is 12.2. The lowest BCUT2D eigenvalue weighted by molar-refractivity contribution is -0.126. The molecule has 3 atom stereocenters. The first-order chi connectivity index (χ1) is 16.7. The largest absolute Gasteiger partial charge is 0.385 e. The fourth-order valence-electron chi connectivity index (χ4n) is 4.89. The van der Waals surface area contributed by atoms with Crippen molar-refractivity contribution < 1.29 is 18.8 Å². The molecule has 1 aliphatic carbocycles. The zero-order valence-corrected chi connectivity index (χ0v) is 19.7. The van der Waals surface area contributed by atoms with Gasteiger partial charge in [-0.25, -0.2) is 4.79 Å². The van der Waals surface area contributed by atoms with Crippen molar-refractivity contribution >= 4 is 11.9 Å². The number of urea groups is 1. The summed E-state index contributed by atoms with van der Waals surface area (Å²) in [6, 6.07) is 3.35. The van der Waals surface area contributed by atoms with E-state index in [9.17, 15) is 9.59 Å². The minimum absolute atomic E-state index is 0.00131. The van der Waals surface area contributed by atoms with Gasteiger partial charge in [-0.1, -0.05) is 18.0 Å². The fourth-order valence-corrected chi connectivity index (χ4v) is 4.89. The van der Waals surface area contributed by atoms with Crippen molar-refractivity contribution in [2.24, 2.45) is 5.92 Å². The molecule has 1 aliphatic heterocycles. The van der Waals surface area contributed by atoms with Gasteiger partial charge in [0.05, 0.1) is 5.92 Å². The summed E-state index contributed by atoms with van der Waals surface area (Å²) >= 11 is 0. The van der Waals surface area contributed by atoms with Crippen LogP contribution in [-0.4, -0.2) is 71.4 Å². The van der Waals surface area contributed by atoms with Crippen LogP contribution in [0, 0.1) is 5.92 Å². The highest BCUT2D eigenvalue weighted by Gasteiger charge is 2.45. The van der Waals surface area contributed by atoms with Gasteiger partial charge < -0.3 is 24.8 Å². The summed E-state index contributed by atoms with van der Waals surface area (Å²) in [5, 5.41) is 10.2. The fraction of sp³-hybridized carbons (Fsp3) is 0.625. The van der Waals surface area contributed by atoms with Gasteiger partial charge in [0.15, 0.2) is 0 Å². The van der Waals surface area contributed by atoms with Gasteiger partial charge in [0.25, 0.3) is 0 Å². The summed E-state index contributed by atoms with van der Waals surface area (Å²) < 4.78 is 10.7. The summed E-state index contributed by atoms with van der Waals surface area (Å²) in [4.78, 5) is 36.9. The number of methoxy groups -OCH3 is 1. The number of carbonyl (C=O) groups is 2. The van der Waals surface area contributed by atoms with Crippen molar-refractivity contribution in [2.75, 3.05) is 33.4 Å². The molecule has 2 aliphatic rings. The smallest absolute Gasteiger partial charge is 0.317 e. The van der Waals surface area contributed by atoms with Crippen LogP contribution in [0.25, 0.3) is 11.4 Å². The van der Waals surface area contributed by atoms with E-state index in [4.69, 9.17) is 9.26 Å². The molecular weight excluding hydrogens is 436 g/mol. The number of rotatable bonds is 6. The van der Waals surface area contributed by atoms with Gasteiger partial charge >= 0.3 is 6.03 Å². The Kier molecular flexibility index (Phi) is 8.46. The van der Waals surface area contributed by atoms with Crippen LogP contribution in [0.3, 0.4) is 0 Å². The Morgan fingerprint density at radius 1 is 1.29 bits per heavy atom. The summed E-state index contributed by atoms with van der Waals surface area (Å²) in [7, 11) is 1.65. The second kappa shape index (κ2) is 11.9. The number of amides is 3. The number of nitrogens with zero attached hydrogens (tertiary/aromatic N) is 4. The van der Waals surface area contributed by atoms with Crippen molar-refractivity contribution in [1.29, 1.82) is 0 Å². The van der Waals surface area contributed by atoms with Gasteiger partial charge in [0.2, 0.25) is 17.6 Å². The van der Waals surface area contributed by atoms with E-state index in [2.05, 4.69) is 25.8 Å². The summed E-state index contributed by atoms with van der Waals surface area (Å²) in [5.41, 5.74) is 0.778. The molecule has 1 saturated heterocycles. The summed E-state index contributed by atoms with van der Waals surface area (Å²) in [6.45, 7) is 2.42. The molecule has 34 heavy (non-hydrogen) atoms. The Hall–Kier alpha value is -3.01. The maximum atomic E-state index is 13.2. The van der Waals surface area contributed by atoms with Crippen LogP contribution in [0.2, 0.25) is 0 Å². The highest BCUT2D eigenvalue weighted by atomic mass is 16.5. The Bertz CT molecular complexity index is 937. The van der Waals surface area contributed by atoms with Crippen LogP contribution < -0.4 is 10.6 Å². The molecule has 3 amide bonds. The number of ether oxygens (including phenoxy) is 1. The van der Waals surface area contributed by atoms with Crippen molar-refractivity contribution in [3.63, 3.8) is 0 Å². The molecule has 2 fully saturated rings. The molecule has 184 valence electrons. The molecule has 2 aromatic heterocycles. The second-order valence-electron chi connectivity index (χ2n) is 9.02. The van der Waals surface area contributed by atoms with E-state index >= 15 is 0 Å². The summed E-state index contributed by atoms with van der Waals surface area (Å²) in [6.07, 6.45) is 9.24. The standard InChI is InChI=1S/C24H34N6O4/c1-33-13-7-11-27-24(32)30-12-5-3-2-4-10-26-22(31)19-14-18(15-20(19)30)23-28-21(29-34-23)17-8-6-9-25-16-17/h6,8-9,16,18-20H,2-5,7,10-15H2,1H3,(H,26,31)(H,27,32)/t18-,19-,20+/m1/s1. The minimum atomic E-state index is -0.318. The Morgan fingerprint density at radius 2 is 2.18 bits per heavy atom. The van der Waals surface area contributed by atoms with E-state index in [0.717, 1.165) is 37.7 Å². The average Bonchev–Trinajstić information content (AvgIpc) is 3.51. The van der Waals surface area contributed by atoms with Gasteiger partial charge in [-0.3, -0.25) is 9.78 Å². The maximum Gasteiger partial charge on any atom is 0.317 e. The maximum absolute atomic E-state index is 13.2. The Balaban J connectivity index is 1.53. The van der Waals surface area contributed by atoms with E-state index in [1.807, 2.05) is 17.0 Å². The van der Waals surface area contributed by atoms with Gasteiger partial charge in [-0.2, -0.15) is 4.98 Å². The molecule has 0 unspecified atom stereocenters. The minimum Gasteiger partial charge on any atom is -0.385 e. The predicted octanol–water partition coefficient (Wildman–Crippen LogP) is 2.73. The van der Waals surface area contributed by atoms with E-state index in [-0.39, 0.29) is 29.8 Å². The number of nitrogens with one attached hydrogen (secondary N) is 2. The second-order valence-corrected chi connectivity index (χ2v) is 9.02. The quantitative estimate of drug-likeness (QED) is 0.622. The predicted molar refractivity (Wildman–Crippen MR) is 125 cm³/mol. The van der Waals surface area contributed by atoms with Crippen LogP contribution in [0.1, 0.15) is 56.8 Å². The molecular formula is C24H34N6O4. The zero-order valence-electron chi connectivity index (χ0n) is 19.7. The lowest BCUT2D eigenvalue weighted by atomic mass is 10.0. The number of pyridine rings is 1. The third-order valence-corrected chi connectivity index (χ3v) is 6.66. The van der Waals surface area contributed by atoms with Crippen LogP contribution >= 0.6 is 0 Å². The molecule has 4 rings (SSSR count). The van der Waals surface area contributed by atoms with E-state index in [0.29, 0.717) is 50.8 Å². The van der Waals surface area contributed by atoms with Crippen molar-refractivity contribution in [3.8, 4) is 11.4 Å². The monoisotopic (exact) mass is 470 g/mol. The Morgan fingerprint density at radius 3 is 3.00 bits per heavy atom. The first-order valence-electron chi connectivity index (χ1n) is 12.2. The third kappa shape index (κ3) is 5.91. The zero-order chi connectivity index (χ0) is 23.8. The number of aromatic nitrogens is 3. The van der Waals surface area contributed by atoms with E-state index in [1.165, 1.54) is 0 Å².